The first kappa shape index (κ1) is 15.1. The molecule has 1 heterocycles. The van der Waals surface area contributed by atoms with Crippen molar-refractivity contribution in [1.29, 1.82) is 0 Å². The molecule has 0 aliphatic carbocycles. The summed E-state index contributed by atoms with van der Waals surface area (Å²) >= 11 is 0. The lowest BCUT2D eigenvalue weighted by Gasteiger charge is -2.37. The highest BCUT2D eigenvalue weighted by Crippen LogP contribution is 2.28. The Kier molecular flexibility index (Phi) is 4.79. The molecule has 0 saturated carbocycles. The molecule has 0 unspecified atom stereocenters. The lowest BCUT2D eigenvalue weighted by atomic mass is 10.00. The second-order valence-electron chi connectivity index (χ2n) is 6.46. The molecular formula is C20H26N2. The average Bonchev–Trinajstić information content (AvgIpc) is 2.56. The molecule has 0 spiro atoms. The Bertz CT molecular complexity index is 584. The number of para-hydroxylation sites is 1. The summed E-state index contributed by atoms with van der Waals surface area (Å²) in [7, 11) is 0. The Morgan fingerprint density at radius 1 is 0.818 bits per heavy atom. The second-order valence-corrected chi connectivity index (χ2v) is 6.46. The minimum Gasteiger partial charge on any atom is -0.369 e. The quantitative estimate of drug-likeness (QED) is 0.836. The predicted molar refractivity (Wildman–Crippen MR) is 94.5 cm³/mol. The fraction of sp³-hybridized carbons (Fsp3) is 0.400. The van der Waals surface area contributed by atoms with Gasteiger partial charge in [0.15, 0.2) is 0 Å². The van der Waals surface area contributed by atoms with Gasteiger partial charge in [0, 0.05) is 38.4 Å². The molecule has 22 heavy (non-hydrogen) atoms. The molecule has 2 aromatic rings. The monoisotopic (exact) mass is 294 g/mol. The van der Waals surface area contributed by atoms with Gasteiger partial charge in [-0.05, 0) is 23.1 Å². The highest BCUT2D eigenvalue weighted by molar-refractivity contribution is 5.55. The zero-order valence-electron chi connectivity index (χ0n) is 13.7. The maximum Gasteiger partial charge on any atom is 0.0402 e. The second kappa shape index (κ2) is 6.97. The molecule has 1 aliphatic rings. The first-order chi connectivity index (χ1) is 10.7. The van der Waals surface area contributed by atoms with Crippen LogP contribution >= 0.6 is 0 Å². The number of anilines is 1. The van der Waals surface area contributed by atoms with Gasteiger partial charge in [-0.25, -0.2) is 0 Å². The number of hydrogen-bond donors (Lipinski definition) is 0. The third-order valence-electron chi connectivity index (χ3n) is 4.52. The van der Waals surface area contributed by atoms with Crippen LogP contribution in [-0.4, -0.2) is 31.1 Å². The average molecular weight is 294 g/mol. The van der Waals surface area contributed by atoms with E-state index < -0.39 is 0 Å². The minimum atomic E-state index is 0.582. The molecule has 0 atom stereocenters. The molecule has 3 rings (SSSR count). The summed E-state index contributed by atoms with van der Waals surface area (Å²) in [6.07, 6.45) is 0. The van der Waals surface area contributed by atoms with E-state index in [0.717, 1.165) is 32.7 Å². The number of hydrogen-bond acceptors (Lipinski definition) is 2. The van der Waals surface area contributed by atoms with E-state index >= 15 is 0 Å². The molecule has 116 valence electrons. The van der Waals surface area contributed by atoms with Crippen molar-refractivity contribution in [2.75, 3.05) is 31.1 Å². The van der Waals surface area contributed by atoms with Crippen LogP contribution in [0.4, 0.5) is 5.69 Å². The van der Waals surface area contributed by atoms with Gasteiger partial charge in [-0.15, -0.1) is 0 Å². The van der Waals surface area contributed by atoms with Crippen molar-refractivity contribution in [3.63, 3.8) is 0 Å². The molecule has 2 aromatic carbocycles. The van der Waals surface area contributed by atoms with E-state index in [1.54, 1.807) is 0 Å². The maximum atomic E-state index is 2.56. The molecule has 2 nitrogen and oxygen atoms in total. The highest BCUT2D eigenvalue weighted by atomic mass is 15.3. The molecule has 1 saturated heterocycles. The van der Waals surface area contributed by atoms with Gasteiger partial charge in [-0.1, -0.05) is 62.4 Å². The zero-order chi connectivity index (χ0) is 15.4. The van der Waals surface area contributed by atoms with Crippen LogP contribution in [0.1, 0.15) is 30.9 Å². The molecule has 0 bridgehead atoms. The van der Waals surface area contributed by atoms with Gasteiger partial charge in [0.1, 0.15) is 0 Å². The first-order valence-corrected chi connectivity index (χ1v) is 8.34. The molecule has 1 fully saturated rings. The molecule has 2 heteroatoms. The van der Waals surface area contributed by atoms with Gasteiger partial charge in [0.05, 0.1) is 0 Å². The van der Waals surface area contributed by atoms with E-state index in [0.29, 0.717) is 5.92 Å². The van der Waals surface area contributed by atoms with Crippen molar-refractivity contribution in [2.45, 2.75) is 26.3 Å². The van der Waals surface area contributed by atoms with E-state index in [1.165, 1.54) is 16.8 Å². The van der Waals surface area contributed by atoms with Crippen molar-refractivity contribution in [3.8, 4) is 0 Å². The Labute approximate surface area is 134 Å². The van der Waals surface area contributed by atoms with Crippen LogP contribution in [0.15, 0.2) is 54.6 Å². The van der Waals surface area contributed by atoms with Gasteiger partial charge in [0.25, 0.3) is 0 Å². The lowest BCUT2D eigenvalue weighted by Crippen LogP contribution is -2.46. The van der Waals surface area contributed by atoms with Crippen molar-refractivity contribution < 1.29 is 0 Å². The largest absolute Gasteiger partial charge is 0.369 e. The van der Waals surface area contributed by atoms with Crippen LogP contribution in [0.25, 0.3) is 0 Å². The Balaban J connectivity index is 1.62. The summed E-state index contributed by atoms with van der Waals surface area (Å²) in [5.74, 6) is 0.582. The third-order valence-corrected chi connectivity index (χ3v) is 4.52. The van der Waals surface area contributed by atoms with Crippen LogP contribution in [0.2, 0.25) is 0 Å². The van der Waals surface area contributed by atoms with E-state index in [2.05, 4.69) is 78.2 Å². The first-order valence-electron chi connectivity index (χ1n) is 8.34. The maximum absolute atomic E-state index is 2.56. The van der Waals surface area contributed by atoms with E-state index in [1.807, 2.05) is 0 Å². The fourth-order valence-corrected chi connectivity index (χ4v) is 3.25. The van der Waals surface area contributed by atoms with Gasteiger partial charge >= 0.3 is 0 Å². The van der Waals surface area contributed by atoms with Crippen LogP contribution in [-0.2, 0) is 6.54 Å². The molecule has 1 aliphatic heterocycles. The van der Waals surface area contributed by atoms with Crippen LogP contribution in [0.3, 0.4) is 0 Å². The number of piperazine rings is 1. The van der Waals surface area contributed by atoms with Crippen molar-refractivity contribution in [3.05, 3.63) is 65.7 Å². The molecule has 0 aromatic heterocycles. The number of benzene rings is 2. The van der Waals surface area contributed by atoms with Crippen molar-refractivity contribution in [2.24, 2.45) is 0 Å². The number of rotatable bonds is 4. The highest BCUT2D eigenvalue weighted by Gasteiger charge is 2.19. The summed E-state index contributed by atoms with van der Waals surface area (Å²) < 4.78 is 0. The molecule has 0 radical (unpaired) electrons. The van der Waals surface area contributed by atoms with Crippen LogP contribution in [0.5, 0.6) is 0 Å². The fourth-order valence-electron chi connectivity index (χ4n) is 3.25. The Morgan fingerprint density at radius 3 is 2.14 bits per heavy atom. The van der Waals surface area contributed by atoms with Crippen molar-refractivity contribution in [1.82, 2.24) is 4.90 Å². The summed E-state index contributed by atoms with van der Waals surface area (Å²) in [6, 6.07) is 19.7. The van der Waals surface area contributed by atoms with Crippen LogP contribution in [0, 0.1) is 0 Å². The normalized spacial score (nSPS) is 16.2. The summed E-state index contributed by atoms with van der Waals surface area (Å²) in [5.41, 5.74) is 4.31. The van der Waals surface area contributed by atoms with E-state index in [4.69, 9.17) is 0 Å². The predicted octanol–water partition coefficient (Wildman–Crippen LogP) is 4.13. The summed E-state index contributed by atoms with van der Waals surface area (Å²) in [6.45, 7) is 10.2. The standard InChI is InChI=1S/C20H26N2/c1-17(2)19-10-6-7-11-20(19)22-14-12-21(13-15-22)16-18-8-4-3-5-9-18/h3-11,17H,12-16H2,1-2H3. The lowest BCUT2D eigenvalue weighted by molar-refractivity contribution is 0.249. The number of nitrogens with zero attached hydrogens (tertiary/aromatic N) is 2. The SMILES string of the molecule is CC(C)c1ccccc1N1CCN(Cc2ccccc2)CC1. The summed E-state index contributed by atoms with van der Waals surface area (Å²) in [4.78, 5) is 5.11. The van der Waals surface area contributed by atoms with Crippen LogP contribution < -0.4 is 4.90 Å². The topological polar surface area (TPSA) is 6.48 Å². The van der Waals surface area contributed by atoms with Crippen molar-refractivity contribution >= 4 is 5.69 Å². The van der Waals surface area contributed by atoms with Gasteiger partial charge in [0.2, 0.25) is 0 Å². The Hall–Kier alpha value is -1.80. The molecule has 0 N–H and O–H groups in total. The summed E-state index contributed by atoms with van der Waals surface area (Å²) in [5, 5.41) is 0. The minimum absolute atomic E-state index is 0.582. The molecule has 0 amide bonds. The van der Waals surface area contributed by atoms with E-state index in [9.17, 15) is 0 Å². The third kappa shape index (κ3) is 3.50. The molecular weight excluding hydrogens is 268 g/mol. The zero-order valence-corrected chi connectivity index (χ0v) is 13.7. The van der Waals surface area contributed by atoms with Gasteiger partial charge in [-0.3, -0.25) is 4.90 Å². The Morgan fingerprint density at radius 2 is 1.45 bits per heavy atom. The van der Waals surface area contributed by atoms with E-state index in [-0.39, 0.29) is 0 Å². The van der Waals surface area contributed by atoms with Gasteiger partial charge in [-0.2, -0.15) is 0 Å². The van der Waals surface area contributed by atoms with Gasteiger partial charge < -0.3 is 4.90 Å². The smallest absolute Gasteiger partial charge is 0.0402 e.